The highest BCUT2D eigenvalue weighted by Crippen LogP contribution is 2.36. The van der Waals surface area contributed by atoms with Crippen molar-refractivity contribution in [3.8, 4) is 0 Å². The second-order valence-corrected chi connectivity index (χ2v) is 10.3. The fraction of sp³-hybridized carbons (Fsp3) is 0.519. The van der Waals surface area contributed by atoms with Crippen LogP contribution in [0.5, 0.6) is 0 Å². The Morgan fingerprint density at radius 1 is 1.16 bits per heavy atom. The molecule has 10 heteroatoms. The second kappa shape index (κ2) is 11.0. The van der Waals surface area contributed by atoms with Gasteiger partial charge in [-0.15, -0.1) is 0 Å². The summed E-state index contributed by atoms with van der Waals surface area (Å²) in [5, 5.41) is 5.60. The van der Waals surface area contributed by atoms with Crippen LogP contribution < -0.4 is 0 Å². The molecule has 9 nitrogen and oxygen atoms in total. The number of rotatable bonds is 6. The summed E-state index contributed by atoms with van der Waals surface area (Å²) in [4.78, 5) is 38.1. The number of aryl methyl sites for hydroxylation is 2. The summed E-state index contributed by atoms with van der Waals surface area (Å²) in [6, 6.07) is 5.55. The van der Waals surface area contributed by atoms with Crippen LogP contribution in [0.4, 0.5) is 4.79 Å². The van der Waals surface area contributed by atoms with E-state index in [2.05, 4.69) is 17.1 Å². The topological polar surface area (TPSA) is 102 Å². The molecule has 2 amide bonds. The normalized spacial score (nSPS) is 17.6. The lowest BCUT2D eigenvalue weighted by atomic mass is 9.84. The van der Waals surface area contributed by atoms with Crippen LogP contribution in [0.2, 0.25) is 5.02 Å². The zero-order valence-electron chi connectivity index (χ0n) is 21.3. The third kappa shape index (κ3) is 5.56. The Labute approximate surface area is 221 Å². The zero-order chi connectivity index (χ0) is 25.9. The summed E-state index contributed by atoms with van der Waals surface area (Å²) in [5.74, 6) is 1.62. The van der Waals surface area contributed by atoms with E-state index in [0.717, 1.165) is 66.5 Å². The Kier molecular flexibility index (Phi) is 7.60. The lowest BCUT2D eigenvalue weighted by Crippen LogP contribution is -2.50. The molecule has 1 aliphatic carbocycles. The van der Waals surface area contributed by atoms with Crippen LogP contribution in [0.15, 0.2) is 22.7 Å². The summed E-state index contributed by atoms with van der Waals surface area (Å²) in [6.45, 7) is 6.16. The van der Waals surface area contributed by atoms with Crippen LogP contribution in [-0.4, -0.2) is 69.7 Å². The van der Waals surface area contributed by atoms with Gasteiger partial charge in [-0.1, -0.05) is 36.2 Å². The summed E-state index contributed by atoms with van der Waals surface area (Å²) in [6.07, 6.45) is 4.89. The molecule has 1 aromatic carbocycles. The van der Waals surface area contributed by atoms with Crippen LogP contribution >= 0.6 is 11.6 Å². The van der Waals surface area contributed by atoms with Crippen LogP contribution in [0.25, 0.3) is 10.9 Å². The van der Waals surface area contributed by atoms with Crippen molar-refractivity contribution >= 4 is 34.5 Å². The maximum atomic E-state index is 13.2. The van der Waals surface area contributed by atoms with Gasteiger partial charge < -0.3 is 19.1 Å². The first-order valence-electron chi connectivity index (χ1n) is 13.0. The van der Waals surface area contributed by atoms with Gasteiger partial charge >= 0.3 is 6.09 Å². The lowest BCUT2D eigenvalue weighted by Gasteiger charge is -2.34. The highest BCUT2D eigenvalue weighted by Gasteiger charge is 2.28. The minimum absolute atomic E-state index is 0.0630. The molecule has 196 valence electrons. The molecule has 0 bridgehead atoms. The Hall–Kier alpha value is -3.20. The summed E-state index contributed by atoms with van der Waals surface area (Å²) in [5.41, 5.74) is 3.39. The van der Waals surface area contributed by atoms with E-state index >= 15 is 0 Å². The van der Waals surface area contributed by atoms with Gasteiger partial charge in [-0.2, -0.15) is 4.98 Å². The number of aromatic nitrogens is 3. The molecule has 0 saturated carbocycles. The zero-order valence-corrected chi connectivity index (χ0v) is 22.1. The third-order valence-electron chi connectivity index (χ3n) is 7.22. The molecule has 1 unspecified atom stereocenters. The average molecular weight is 526 g/mol. The quantitative estimate of drug-likeness (QED) is 0.432. The fourth-order valence-corrected chi connectivity index (χ4v) is 5.46. The number of piperazine rings is 1. The van der Waals surface area contributed by atoms with Gasteiger partial charge in [-0.3, -0.25) is 9.78 Å². The van der Waals surface area contributed by atoms with Gasteiger partial charge in [0, 0.05) is 56.2 Å². The number of hydrogen-bond donors (Lipinski definition) is 0. The van der Waals surface area contributed by atoms with Crippen LogP contribution in [0.1, 0.15) is 59.5 Å². The van der Waals surface area contributed by atoms with Crippen molar-refractivity contribution in [3.63, 3.8) is 0 Å². The smallest absolute Gasteiger partial charge is 0.409 e. The molecule has 0 spiro atoms. The van der Waals surface area contributed by atoms with Gasteiger partial charge in [0.15, 0.2) is 5.82 Å². The highest BCUT2D eigenvalue weighted by molar-refractivity contribution is 6.36. The van der Waals surface area contributed by atoms with Crippen molar-refractivity contribution in [2.75, 3.05) is 32.8 Å². The van der Waals surface area contributed by atoms with Crippen molar-refractivity contribution < 1.29 is 18.8 Å². The van der Waals surface area contributed by atoms with Crippen molar-refractivity contribution in [1.29, 1.82) is 0 Å². The molecule has 2 aliphatic rings. The molecule has 1 saturated heterocycles. The van der Waals surface area contributed by atoms with Gasteiger partial charge in [-0.25, -0.2) is 4.79 Å². The summed E-state index contributed by atoms with van der Waals surface area (Å²) >= 11 is 6.87. The lowest BCUT2D eigenvalue weighted by molar-refractivity contribution is 0.0558. The number of amides is 2. The molecule has 5 rings (SSSR count). The number of carbonyl (C=O) groups is 2. The Bertz CT molecular complexity index is 1300. The van der Waals surface area contributed by atoms with E-state index in [1.165, 1.54) is 0 Å². The van der Waals surface area contributed by atoms with E-state index in [9.17, 15) is 9.59 Å². The van der Waals surface area contributed by atoms with E-state index < -0.39 is 0 Å². The average Bonchev–Trinajstić information content (AvgIpc) is 3.33. The Morgan fingerprint density at radius 2 is 1.95 bits per heavy atom. The summed E-state index contributed by atoms with van der Waals surface area (Å²) < 4.78 is 10.4. The molecule has 1 fully saturated rings. The molecule has 0 N–H and O–H groups in total. The third-order valence-corrected chi connectivity index (χ3v) is 7.65. The molecule has 2 aromatic heterocycles. The first-order valence-corrected chi connectivity index (χ1v) is 13.4. The van der Waals surface area contributed by atoms with Crippen LogP contribution in [0.3, 0.4) is 0 Å². The number of benzene rings is 1. The van der Waals surface area contributed by atoms with E-state index in [-0.39, 0.29) is 12.0 Å². The maximum Gasteiger partial charge on any atom is 0.409 e. The van der Waals surface area contributed by atoms with Crippen LogP contribution in [-0.2, 0) is 24.0 Å². The molecular formula is C27H32ClN5O4. The standard InChI is InChI=1S/C27H32ClN5O4/c1-3-4-13-36-27(35)33-11-9-32(10-12-33)26(34)19-6-7-20-23(16-19)30-22-8-5-18(14-21(22)25(20)28)15-24-29-17(2)37-31-24/h6-7,16,18H,3-5,8-15H2,1-2H3. The predicted molar refractivity (Wildman–Crippen MR) is 139 cm³/mol. The van der Waals surface area contributed by atoms with E-state index in [0.29, 0.717) is 55.2 Å². The van der Waals surface area contributed by atoms with Gasteiger partial charge in [0.05, 0.1) is 17.1 Å². The number of carbonyl (C=O) groups excluding carboxylic acids is 2. The minimum atomic E-state index is -0.301. The van der Waals surface area contributed by atoms with Gasteiger partial charge in [0.25, 0.3) is 5.91 Å². The number of pyridine rings is 1. The second-order valence-electron chi connectivity index (χ2n) is 9.87. The number of unbranched alkanes of at least 4 members (excludes halogenated alkanes) is 1. The van der Waals surface area contributed by atoms with Crippen molar-refractivity contribution in [2.45, 2.75) is 52.4 Å². The van der Waals surface area contributed by atoms with Crippen molar-refractivity contribution in [1.82, 2.24) is 24.9 Å². The molecule has 3 aromatic rings. The molecule has 37 heavy (non-hydrogen) atoms. The fourth-order valence-electron chi connectivity index (χ4n) is 5.12. The van der Waals surface area contributed by atoms with Gasteiger partial charge in [-0.05, 0) is 49.3 Å². The molecule has 1 aliphatic heterocycles. The number of halogens is 1. The van der Waals surface area contributed by atoms with E-state index in [1.54, 1.807) is 16.7 Å². The monoisotopic (exact) mass is 525 g/mol. The van der Waals surface area contributed by atoms with Gasteiger partial charge in [0.1, 0.15) is 0 Å². The van der Waals surface area contributed by atoms with Gasteiger partial charge in [0.2, 0.25) is 5.89 Å². The Morgan fingerprint density at radius 3 is 2.68 bits per heavy atom. The number of nitrogens with zero attached hydrogens (tertiary/aromatic N) is 5. The number of hydrogen-bond acceptors (Lipinski definition) is 7. The molecular weight excluding hydrogens is 494 g/mol. The predicted octanol–water partition coefficient (Wildman–Crippen LogP) is 4.62. The number of fused-ring (bicyclic) bond motifs is 2. The summed E-state index contributed by atoms with van der Waals surface area (Å²) in [7, 11) is 0. The highest BCUT2D eigenvalue weighted by atomic mass is 35.5. The first kappa shape index (κ1) is 25.4. The Balaban J connectivity index is 1.26. The first-order chi connectivity index (χ1) is 17.9. The SMILES string of the molecule is CCCCOC(=O)N1CCN(C(=O)c2ccc3c(Cl)c4c(nc3c2)CCC(Cc2noc(C)n2)C4)CC1. The van der Waals surface area contributed by atoms with E-state index in [1.807, 2.05) is 18.2 Å². The van der Waals surface area contributed by atoms with Crippen molar-refractivity contribution in [2.24, 2.45) is 5.92 Å². The maximum absolute atomic E-state index is 13.2. The molecule has 1 atom stereocenters. The van der Waals surface area contributed by atoms with Crippen molar-refractivity contribution in [3.05, 3.63) is 51.8 Å². The molecule has 0 radical (unpaired) electrons. The molecule has 3 heterocycles. The van der Waals surface area contributed by atoms with Crippen LogP contribution in [0, 0.1) is 12.8 Å². The minimum Gasteiger partial charge on any atom is -0.449 e. The largest absolute Gasteiger partial charge is 0.449 e. The number of ether oxygens (including phenoxy) is 1. The van der Waals surface area contributed by atoms with E-state index in [4.69, 9.17) is 25.8 Å².